The van der Waals surface area contributed by atoms with E-state index in [0.717, 1.165) is 36.9 Å². The van der Waals surface area contributed by atoms with Gasteiger partial charge in [0.2, 0.25) is 11.8 Å². The van der Waals surface area contributed by atoms with Crippen molar-refractivity contribution in [1.29, 1.82) is 5.26 Å². The van der Waals surface area contributed by atoms with Crippen LogP contribution < -0.4 is 10.8 Å². The highest BCUT2D eigenvalue weighted by atomic mass is 16.5. The van der Waals surface area contributed by atoms with Gasteiger partial charge >= 0.3 is 0 Å². The highest BCUT2D eigenvalue weighted by Crippen LogP contribution is 2.52. The van der Waals surface area contributed by atoms with Gasteiger partial charge in [0, 0.05) is 19.6 Å². The van der Waals surface area contributed by atoms with Gasteiger partial charge in [0.05, 0.1) is 23.6 Å². The Balaban J connectivity index is 1.49. The summed E-state index contributed by atoms with van der Waals surface area (Å²) in [5, 5.41) is 21.4. The molecule has 1 aliphatic carbocycles. The third-order valence-electron chi connectivity index (χ3n) is 6.67. The molecule has 3 aliphatic rings. The second kappa shape index (κ2) is 7.62. The molecule has 1 aromatic rings. The van der Waals surface area contributed by atoms with Crippen LogP contribution in [0, 0.1) is 22.7 Å². The first kappa shape index (κ1) is 19.6. The molecule has 4 rings (SSSR count). The summed E-state index contributed by atoms with van der Waals surface area (Å²) in [4.78, 5) is 27.3. The van der Waals surface area contributed by atoms with E-state index in [1.54, 1.807) is 5.48 Å². The first-order chi connectivity index (χ1) is 14.0. The highest BCUT2D eigenvalue weighted by Gasteiger charge is 2.52. The van der Waals surface area contributed by atoms with Crippen LogP contribution in [0.3, 0.4) is 0 Å². The van der Waals surface area contributed by atoms with Gasteiger partial charge in [0.25, 0.3) is 0 Å². The normalized spacial score (nSPS) is 25.5. The van der Waals surface area contributed by atoms with E-state index in [1.807, 2.05) is 36.1 Å². The summed E-state index contributed by atoms with van der Waals surface area (Å²) in [6, 6.07) is 9.06. The number of nitrogens with zero attached hydrogens (tertiary/aromatic N) is 2. The van der Waals surface area contributed by atoms with Crippen LogP contribution in [-0.4, -0.2) is 47.6 Å². The number of nitriles is 1. The lowest BCUT2D eigenvalue weighted by atomic mass is 9.81. The number of benzene rings is 1. The molecule has 2 unspecified atom stereocenters. The van der Waals surface area contributed by atoms with Gasteiger partial charge in [-0.3, -0.25) is 14.8 Å². The number of nitrogens with one attached hydrogen (secondary N) is 2. The van der Waals surface area contributed by atoms with E-state index in [-0.39, 0.29) is 11.3 Å². The second-order valence-electron chi connectivity index (χ2n) is 8.60. The average Bonchev–Trinajstić information content (AvgIpc) is 3.51. The van der Waals surface area contributed by atoms with Crippen molar-refractivity contribution < 1.29 is 14.8 Å². The van der Waals surface area contributed by atoms with Gasteiger partial charge in [-0.25, -0.2) is 5.48 Å². The Morgan fingerprint density at radius 1 is 1.31 bits per heavy atom. The molecule has 0 aromatic heterocycles. The van der Waals surface area contributed by atoms with Gasteiger partial charge in [-0.05, 0) is 61.3 Å². The predicted molar refractivity (Wildman–Crippen MR) is 106 cm³/mol. The zero-order valence-corrected chi connectivity index (χ0v) is 16.6. The molecule has 1 spiro atoms. The molecule has 2 fully saturated rings. The smallest absolute Gasteiger partial charge is 0.248 e. The predicted octanol–water partition coefficient (Wildman–Crippen LogP) is 1.83. The molecular formula is C22H26N4O3. The summed E-state index contributed by atoms with van der Waals surface area (Å²) < 4.78 is 0. The minimum Gasteiger partial charge on any atom is -0.337 e. The SMILES string of the molecule is CC1=C(c2ccc(C#N)cc2)CCN(C(=O)C2NCC3(CC3)CC2C(=O)NO)C1. The first-order valence-electron chi connectivity index (χ1n) is 10.1. The molecule has 1 saturated carbocycles. The summed E-state index contributed by atoms with van der Waals surface area (Å²) in [6.45, 7) is 3.88. The monoisotopic (exact) mass is 394 g/mol. The summed E-state index contributed by atoms with van der Waals surface area (Å²) in [5.41, 5.74) is 5.91. The van der Waals surface area contributed by atoms with E-state index in [9.17, 15) is 9.59 Å². The Morgan fingerprint density at radius 2 is 2.03 bits per heavy atom. The fourth-order valence-electron chi connectivity index (χ4n) is 4.71. The number of hydroxylamine groups is 1. The van der Waals surface area contributed by atoms with Gasteiger partial charge in [0.15, 0.2) is 0 Å². The van der Waals surface area contributed by atoms with E-state index in [0.29, 0.717) is 25.1 Å². The Labute approximate surface area is 170 Å². The van der Waals surface area contributed by atoms with Crippen molar-refractivity contribution in [2.45, 2.75) is 38.6 Å². The number of rotatable bonds is 3. The van der Waals surface area contributed by atoms with Gasteiger partial charge in [0.1, 0.15) is 0 Å². The van der Waals surface area contributed by atoms with Gasteiger partial charge in [-0.15, -0.1) is 0 Å². The van der Waals surface area contributed by atoms with Gasteiger partial charge < -0.3 is 10.2 Å². The molecule has 7 nitrogen and oxygen atoms in total. The topological polar surface area (TPSA) is 105 Å². The van der Waals surface area contributed by atoms with E-state index in [1.165, 1.54) is 5.57 Å². The molecule has 2 heterocycles. The maximum atomic E-state index is 13.2. The first-order valence-corrected chi connectivity index (χ1v) is 10.1. The van der Waals surface area contributed by atoms with Gasteiger partial charge in [-0.1, -0.05) is 17.7 Å². The van der Waals surface area contributed by atoms with Crippen LogP contribution in [0.4, 0.5) is 0 Å². The van der Waals surface area contributed by atoms with E-state index in [4.69, 9.17) is 10.5 Å². The molecule has 1 saturated heterocycles. The fourth-order valence-corrected chi connectivity index (χ4v) is 4.71. The number of carbonyl (C=O) groups is 2. The van der Waals surface area contributed by atoms with Crippen LogP contribution in [0.2, 0.25) is 0 Å². The van der Waals surface area contributed by atoms with Crippen molar-refractivity contribution in [3.8, 4) is 6.07 Å². The zero-order valence-electron chi connectivity index (χ0n) is 16.6. The second-order valence-corrected chi connectivity index (χ2v) is 8.60. The summed E-state index contributed by atoms with van der Waals surface area (Å²) in [6.07, 6.45) is 3.50. The minimum atomic E-state index is -0.599. The Kier molecular flexibility index (Phi) is 5.15. The van der Waals surface area contributed by atoms with Crippen LogP contribution in [0.5, 0.6) is 0 Å². The molecule has 29 heavy (non-hydrogen) atoms. The van der Waals surface area contributed by atoms with Crippen LogP contribution in [-0.2, 0) is 9.59 Å². The summed E-state index contributed by atoms with van der Waals surface area (Å²) in [7, 11) is 0. The van der Waals surface area contributed by atoms with Crippen molar-refractivity contribution in [2.75, 3.05) is 19.6 Å². The Bertz CT molecular complexity index is 896. The number of hydrogen-bond acceptors (Lipinski definition) is 5. The molecule has 7 heteroatoms. The standard InChI is InChI=1S/C22H26N4O3/c1-14-12-26(9-6-17(14)16-4-2-15(11-23)3-5-16)21(28)19-18(20(27)25-29)10-22(7-8-22)13-24-19/h2-5,18-19,24,29H,6-10,12-13H2,1H3,(H,25,27). The molecule has 152 valence electrons. The highest BCUT2D eigenvalue weighted by molar-refractivity contribution is 5.91. The van der Waals surface area contributed by atoms with Crippen molar-refractivity contribution >= 4 is 17.4 Å². The number of hydrogen-bond donors (Lipinski definition) is 3. The third kappa shape index (κ3) is 3.78. The maximum absolute atomic E-state index is 13.2. The van der Waals surface area contributed by atoms with Crippen molar-refractivity contribution in [3.63, 3.8) is 0 Å². The molecule has 0 bridgehead atoms. The fraction of sp³-hybridized carbons (Fsp3) is 0.500. The molecule has 2 amide bonds. The number of piperidine rings is 1. The lowest BCUT2D eigenvalue weighted by Gasteiger charge is -2.39. The van der Waals surface area contributed by atoms with Crippen LogP contribution in [0.1, 0.15) is 43.7 Å². The molecule has 3 N–H and O–H groups in total. The minimum absolute atomic E-state index is 0.0765. The lowest BCUT2D eigenvalue weighted by molar-refractivity contribution is -0.144. The van der Waals surface area contributed by atoms with Crippen LogP contribution in [0.25, 0.3) is 5.57 Å². The average molecular weight is 394 g/mol. The molecule has 2 aliphatic heterocycles. The van der Waals surface area contributed by atoms with E-state index < -0.39 is 17.9 Å². The molecule has 1 aromatic carbocycles. The third-order valence-corrected chi connectivity index (χ3v) is 6.67. The van der Waals surface area contributed by atoms with Crippen molar-refractivity contribution in [2.24, 2.45) is 11.3 Å². The summed E-state index contributed by atoms with van der Waals surface area (Å²) >= 11 is 0. The Hall–Kier alpha value is -2.69. The molecular weight excluding hydrogens is 368 g/mol. The number of carbonyl (C=O) groups excluding carboxylic acids is 2. The van der Waals surface area contributed by atoms with E-state index in [2.05, 4.69) is 11.4 Å². The quantitative estimate of drug-likeness (QED) is 0.536. The number of amides is 2. The molecule has 2 atom stereocenters. The molecule has 0 radical (unpaired) electrons. The van der Waals surface area contributed by atoms with Crippen molar-refractivity contribution in [1.82, 2.24) is 15.7 Å². The Morgan fingerprint density at radius 3 is 2.62 bits per heavy atom. The van der Waals surface area contributed by atoms with Crippen LogP contribution in [0.15, 0.2) is 29.8 Å². The maximum Gasteiger partial charge on any atom is 0.248 e. The van der Waals surface area contributed by atoms with Gasteiger partial charge in [-0.2, -0.15) is 5.26 Å². The van der Waals surface area contributed by atoms with Crippen LogP contribution >= 0.6 is 0 Å². The zero-order chi connectivity index (χ0) is 20.6. The van der Waals surface area contributed by atoms with E-state index >= 15 is 0 Å². The lowest BCUT2D eigenvalue weighted by Crippen LogP contribution is -2.59. The largest absolute Gasteiger partial charge is 0.337 e. The summed E-state index contributed by atoms with van der Waals surface area (Å²) in [5.74, 6) is -1.11. The van der Waals surface area contributed by atoms with Crippen molar-refractivity contribution in [3.05, 3.63) is 41.0 Å².